The second-order valence-electron chi connectivity index (χ2n) is 5.72. The van der Waals surface area contributed by atoms with Gasteiger partial charge in [0.25, 0.3) is 0 Å². The summed E-state index contributed by atoms with van der Waals surface area (Å²) in [6, 6.07) is 12.0. The van der Waals surface area contributed by atoms with Crippen LogP contribution in [-0.2, 0) is 11.2 Å². The lowest BCUT2D eigenvalue weighted by molar-refractivity contribution is -0.115. The van der Waals surface area contributed by atoms with Crippen molar-refractivity contribution < 1.29 is 4.79 Å². The number of carbonyl (C=O) groups is 1. The van der Waals surface area contributed by atoms with Crippen LogP contribution in [0.2, 0.25) is 0 Å². The van der Waals surface area contributed by atoms with E-state index < -0.39 is 0 Å². The van der Waals surface area contributed by atoms with Crippen LogP contribution in [0.3, 0.4) is 0 Å². The first-order valence-electron chi connectivity index (χ1n) is 7.60. The molecule has 0 atom stereocenters. The fraction of sp³-hybridized carbons (Fsp3) is 0.167. The molecule has 0 unspecified atom stereocenters. The quantitative estimate of drug-likeness (QED) is 0.580. The first-order valence-corrected chi connectivity index (χ1v) is 9.24. The Morgan fingerprint density at radius 2 is 1.83 bits per heavy atom. The lowest BCUT2D eigenvalue weighted by atomic mass is 10.1. The Balaban J connectivity index is 1.58. The van der Waals surface area contributed by atoms with E-state index in [9.17, 15) is 4.79 Å². The van der Waals surface area contributed by atoms with Crippen molar-refractivity contribution in [2.45, 2.75) is 20.3 Å². The Morgan fingerprint density at radius 3 is 2.62 bits per heavy atom. The molecule has 0 aliphatic carbocycles. The van der Waals surface area contributed by atoms with Gasteiger partial charge in [0.15, 0.2) is 5.13 Å². The lowest BCUT2D eigenvalue weighted by Gasteiger charge is -2.02. The fourth-order valence-electron chi connectivity index (χ4n) is 2.60. The fourth-order valence-corrected chi connectivity index (χ4v) is 4.47. The molecule has 1 N–H and O–H groups in total. The summed E-state index contributed by atoms with van der Waals surface area (Å²) in [6.07, 6.45) is 0.349. The molecule has 0 aliphatic heterocycles. The minimum atomic E-state index is -0.0522. The van der Waals surface area contributed by atoms with E-state index in [-0.39, 0.29) is 5.91 Å². The zero-order valence-electron chi connectivity index (χ0n) is 13.3. The van der Waals surface area contributed by atoms with Gasteiger partial charge in [-0.15, -0.1) is 11.3 Å². The highest BCUT2D eigenvalue weighted by Gasteiger charge is 2.12. The van der Waals surface area contributed by atoms with Crippen molar-refractivity contribution in [2.24, 2.45) is 0 Å². The van der Waals surface area contributed by atoms with Gasteiger partial charge in [-0.2, -0.15) is 0 Å². The van der Waals surface area contributed by atoms with Gasteiger partial charge in [-0.25, -0.2) is 9.97 Å². The van der Waals surface area contributed by atoms with Crippen LogP contribution in [0.5, 0.6) is 0 Å². The molecule has 0 aliphatic rings. The topological polar surface area (TPSA) is 54.9 Å². The van der Waals surface area contributed by atoms with Crippen LogP contribution in [0.15, 0.2) is 36.4 Å². The molecule has 0 radical (unpaired) electrons. The van der Waals surface area contributed by atoms with E-state index in [0.29, 0.717) is 11.6 Å². The van der Waals surface area contributed by atoms with Crippen LogP contribution in [-0.4, -0.2) is 15.9 Å². The number of anilines is 1. The first-order chi connectivity index (χ1) is 11.6. The lowest BCUT2D eigenvalue weighted by Crippen LogP contribution is -2.14. The maximum atomic E-state index is 12.3. The number of hydrogen-bond acceptors (Lipinski definition) is 5. The molecular weight excluding hydrogens is 338 g/mol. The average molecular weight is 353 g/mol. The van der Waals surface area contributed by atoms with E-state index >= 15 is 0 Å². The van der Waals surface area contributed by atoms with E-state index in [1.165, 1.54) is 16.9 Å². The SMILES string of the molecule is Cc1ccc(CC(=O)Nc2nc3ccc4sc(C)nc4c3s2)cc1. The molecule has 0 saturated heterocycles. The van der Waals surface area contributed by atoms with Crippen molar-refractivity contribution >= 4 is 54.1 Å². The van der Waals surface area contributed by atoms with E-state index in [2.05, 4.69) is 15.3 Å². The van der Waals surface area contributed by atoms with Crippen LogP contribution in [0, 0.1) is 13.8 Å². The molecule has 4 rings (SSSR count). The number of hydrogen-bond donors (Lipinski definition) is 1. The largest absolute Gasteiger partial charge is 0.302 e. The Bertz CT molecular complexity index is 1050. The summed E-state index contributed by atoms with van der Waals surface area (Å²) < 4.78 is 2.18. The minimum absolute atomic E-state index is 0.0522. The summed E-state index contributed by atoms with van der Waals surface area (Å²) >= 11 is 3.16. The zero-order valence-corrected chi connectivity index (χ0v) is 14.9. The van der Waals surface area contributed by atoms with Gasteiger partial charge in [0, 0.05) is 0 Å². The first kappa shape index (κ1) is 15.2. The maximum Gasteiger partial charge on any atom is 0.230 e. The zero-order chi connectivity index (χ0) is 16.7. The Hall–Kier alpha value is -2.31. The smallest absolute Gasteiger partial charge is 0.230 e. The van der Waals surface area contributed by atoms with Crippen molar-refractivity contribution in [3.63, 3.8) is 0 Å². The number of rotatable bonds is 3. The predicted molar refractivity (Wildman–Crippen MR) is 101 cm³/mol. The molecule has 4 nitrogen and oxygen atoms in total. The molecular formula is C18H15N3OS2. The number of benzene rings is 2. The highest BCUT2D eigenvalue weighted by atomic mass is 32.1. The van der Waals surface area contributed by atoms with Gasteiger partial charge in [0.2, 0.25) is 5.91 Å². The minimum Gasteiger partial charge on any atom is -0.302 e. The van der Waals surface area contributed by atoms with Gasteiger partial charge >= 0.3 is 0 Å². The molecule has 2 heterocycles. The number of fused-ring (bicyclic) bond motifs is 3. The number of carbonyl (C=O) groups excluding carboxylic acids is 1. The summed E-state index contributed by atoms with van der Waals surface area (Å²) in [5.74, 6) is -0.0522. The number of nitrogens with zero attached hydrogens (tertiary/aromatic N) is 2. The predicted octanol–water partition coefficient (Wildman–Crippen LogP) is 4.70. The van der Waals surface area contributed by atoms with E-state index in [1.54, 1.807) is 11.3 Å². The average Bonchev–Trinajstić information content (AvgIpc) is 3.11. The van der Waals surface area contributed by atoms with E-state index in [1.807, 2.05) is 50.2 Å². The third-order valence-corrected chi connectivity index (χ3v) is 5.68. The number of nitrogens with one attached hydrogen (secondary N) is 1. The van der Waals surface area contributed by atoms with Crippen LogP contribution in [0.4, 0.5) is 5.13 Å². The van der Waals surface area contributed by atoms with Gasteiger partial charge in [-0.3, -0.25) is 4.79 Å². The van der Waals surface area contributed by atoms with Crippen LogP contribution in [0.25, 0.3) is 20.4 Å². The molecule has 1 amide bonds. The van der Waals surface area contributed by atoms with Crippen molar-refractivity contribution in [2.75, 3.05) is 5.32 Å². The van der Waals surface area contributed by atoms with Crippen LogP contribution in [0.1, 0.15) is 16.1 Å². The molecule has 0 bridgehead atoms. The standard InChI is InChI=1S/C18H15N3OS2/c1-10-3-5-12(6-4-10)9-15(22)21-18-20-13-7-8-14-16(17(13)24-18)19-11(2)23-14/h3-8H,9H2,1-2H3,(H,20,21,22). The number of aromatic nitrogens is 2. The van der Waals surface area contributed by atoms with Crippen molar-refractivity contribution in [1.82, 2.24) is 9.97 Å². The molecule has 2 aromatic carbocycles. The number of amides is 1. The van der Waals surface area contributed by atoms with Crippen molar-refractivity contribution in [1.29, 1.82) is 0 Å². The third kappa shape index (κ3) is 2.90. The van der Waals surface area contributed by atoms with Crippen LogP contribution >= 0.6 is 22.7 Å². The second-order valence-corrected chi connectivity index (χ2v) is 7.96. The Labute approximate surface area is 147 Å². The summed E-state index contributed by atoms with van der Waals surface area (Å²) in [5.41, 5.74) is 4.04. The number of aryl methyl sites for hydroxylation is 2. The second kappa shape index (κ2) is 5.96. The molecule has 6 heteroatoms. The third-order valence-electron chi connectivity index (χ3n) is 3.75. The van der Waals surface area contributed by atoms with Gasteiger partial charge < -0.3 is 5.32 Å². The summed E-state index contributed by atoms with van der Waals surface area (Å²) in [6.45, 7) is 4.04. The molecule has 24 heavy (non-hydrogen) atoms. The normalized spacial score (nSPS) is 11.2. The number of thiazole rings is 2. The molecule has 2 aromatic heterocycles. The summed E-state index contributed by atoms with van der Waals surface area (Å²) in [5, 5.41) is 4.57. The van der Waals surface area contributed by atoms with Crippen LogP contribution < -0.4 is 5.32 Å². The maximum absolute atomic E-state index is 12.3. The Morgan fingerprint density at radius 1 is 1.04 bits per heavy atom. The Kier molecular flexibility index (Phi) is 3.78. The molecule has 0 saturated carbocycles. The monoisotopic (exact) mass is 353 g/mol. The summed E-state index contributed by atoms with van der Waals surface area (Å²) in [7, 11) is 0. The molecule has 0 fully saturated rings. The van der Waals surface area contributed by atoms with E-state index in [4.69, 9.17) is 0 Å². The van der Waals surface area contributed by atoms with Gasteiger partial charge in [0.1, 0.15) is 5.52 Å². The van der Waals surface area contributed by atoms with Gasteiger partial charge in [-0.1, -0.05) is 41.2 Å². The molecule has 4 aromatic rings. The van der Waals surface area contributed by atoms with E-state index in [0.717, 1.165) is 31.0 Å². The van der Waals surface area contributed by atoms with Crippen molar-refractivity contribution in [3.8, 4) is 0 Å². The highest BCUT2D eigenvalue weighted by molar-refractivity contribution is 7.24. The highest BCUT2D eigenvalue weighted by Crippen LogP contribution is 2.34. The molecule has 0 spiro atoms. The van der Waals surface area contributed by atoms with Crippen molar-refractivity contribution in [3.05, 3.63) is 52.5 Å². The summed E-state index contributed by atoms with van der Waals surface area (Å²) in [4.78, 5) is 21.4. The molecule has 120 valence electrons. The van der Waals surface area contributed by atoms with Gasteiger partial charge in [-0.05, 0) is 31.5 Å². The van der Waals surface area contributed by atoms with Gasteiger partial charge in [0.05, 0.1) is 26.3 Å².